The molecular formula is C95H132N5+5. The monoisotopic (exact) mass is 1350 g/mol. The molecule has 5 heteroatoms. The molecule has 10 rings (SSSR count). The predicted octanol–water partition coefficient (Wildman–Crippen LogP) is 22.4. The fourth-order valence-corrected chi connectivity index (χ4v) is 13.1. The summed E-state index contributed by atoms with van der Waals surface area (Å²) >= 11 is 0. The lowest BCUT2D eigenvalue weighted by Gasteiger charge is -2.20. The van der Waals surface area contributed by atoms with Crippen LogP contribution < -0.4 is 22.8 Å². The van der Waals surface area contributed by atoms with Gasteiger partial charge in [0, 0.05) is 98.3 Å². The topological polar surface area (TPSA) is 19.4 Å². The Bertz CT molecular complexity index is 4740. The molecule has 0 bridgehead atoms. The molecule has 0 saturated carbocycles. The summed E-state index contributed by atoms with van der Waals surface area (Å²) in [5.74, 6) is -0.247. The Balaban J connectivity index is 0.000000244. The lowest BCUT2D eigenvalue weighted by Crippen LogP contribution is -2.34. The van der Waals surface area contributed by atoms with Crippen LogP contribution in [-0.4, -0.2) is 0 Å². The maximum Gasteiger partial charge on any atom is 0.212 e. The molecule has 0 N–H and O–H groups in total. The standard InChI is InChI=1S/2C19H26N.3C18H24N.C3H8/c2*1-13-8-9-16(14(2)10-13)18-11-15(3)17(12-20(18)7)19(4,5)6;2*1-13-9-7-8-10-15(13)17-11-14(2)16(12-19(17)6)18(3,4)5;1-13(2)10-16-7-9-18(19(5)12-16)17-8-6-14(3)11-15(17)4;1-3-2/h2*8-12H,1-7H3;2*7-12H,1-6H3;6-9,11-13H,10H2,1-5H3;3H2,1-2H3/q5*+1;/i1D3;;;;3D3,7D,10D2;3D. The van der Waals surface area contributed by atoms with Gasteiger partial charge >= 0.3 is 0 Å². The maximum absolute atomic E-state index is 8.28. The number of nitrogens with zero attached hydrogens (tertiary/aromatic N) is 5. The zero-order chi connectivity index (χ0) is 83.8. The van der Waals surface area contributed by atoms with Crippen LogP contribution in [0.3, 0.4) is 0 Å². The number of aromatic nitrogens is 5. The fraction of sp³-hybridized carbons (Fsp3) is 0.421. The average molecular weight is 1350 g/mol. The zero-order valence-electron chi connectivity index (χ0n) is 77.5. The minimum absolute atomic E-state index is 0.0833. The zero-order valence-corrected chi connectivity index (χ0v) is 67.5. The van der Waals surface area contributed by atoms with E-state index in [1.807, 2.05) is 47.9 Å². The molecule has 10 aromatic rings. The number of aryl methyl sites for hydroxylation is 17. The van der Waals surface area contributed by atoms with E-state index in [-0.39, 0.29) is 45.6 Å². The van der Waals surface area contributed by atoms with Crippen LogP contribution in [0.2, 0.25) is 0 Å². The molecule has 0 radical (unpaired) electrons. The first-order valence-electron chi connectivity index (χ1n) is 40.8. The Kier molecular flexibility index (Phi) is 23.7. The van der Waals surface area contributed by atoms with Crippen LogP contribution in [0.4, 0.5) is 0 Å². The molecule has 5 heterocycles. The second-order valence-corrected chi connectivity index (χ2v) is 32.2. The Hall–Kier alpha value is -8.15. The number of benzene rings is 5. The minimum atomic E-state index is -2.15. The summed E-state index contributed by atoms with van der Waals surface area (Å²) in [6.45, 7) is 51.4. The van der Waals surface area contributed by atoms with Crippen molar-refractivity contribution in [3.63, 3.8) is 0 Å². The predicted molar refractivity (Wildman–Crippen MR) is 431 cm³/mol. The largest absolute Gasteiger partial charge is 0.212 e. The van der Waals surface area contributed by atoms with Crippen LogP contribution >= 0.6 is 0 Å². The Morgan fingerprint density at radius 3 is 0.860 bits per heavy atom. The van der Waals surface area contributed by atoms with Crippen molar-refractivity contribution in [1.29, 1.82) is 0 Å². The van der Waals surface area contributed by atoms with Crippen molar-refractivity contribution in [2.75, 3.05) is 0 Å². The molecule has 5 nitrogen and oxygen atoms in total. The lowest BCUT2D eigenvalue weighted by molar-refractivity contribution is -0.661. The molecule has 0 aliphatic rings. The van der Waals surface area contributed by atoms with E-state index in [1.165, 1.54) is 101 Å². The molecule has 0 unspecified atom stereocenters. The highest BCUT2D eigenvalue weighted by Crippen LogP contribution is 2.33. The third-order valence-corrected chi connectivity index (χ3v) is 18.2. The lowest BCUT2D eigenvalue weighted by atomic mass is 9.84. The Morgan fingerprint density at radius 1 is 0.330 bits per heavy atom. The minimum Gasteiger partial charge on any atom is -0.201 e. The van der Waals surface area contributed by atoms with Gasteiger partial charge < -0.3 is 0 Å². The van der Waals surface area contributed by atoms with Crippen LogP contribution in [0.15, 0.2) is 170 Å². The first-order chi connectivity index (χ1) is 50.3. The van der Waals surface area contributed by atoms with Crippen molar-refractivity contribution in [3.8, 4) is 56.3 Å². The van der Waals surface area contributed by atoms with Gasteiger partial charge in [-0.1, -0.05) is 207 Å². The smallest absolute Gasteiger partial charge is 0.201 e. The molecule has 0 fully saturated rings. The second-order valence-electron chi connectivity index (χ2n) is 32.2. The Morgan fingerprint density at radius 2 is 0.590 bits per heavy atom. The van der Waals surface area contributed by atoms with Crippen molar-refractivity contribution in [2.24, 2.45) is 41.2 Å². The average Bonchev–Trinajstić information content (AvgIpc) is 0.776. The number of hydrogen-bond donors (Lipinski definition) is 0. The summed E-state index contributed by atoms with van der Waals surface area (Å²) in [4.78, 5) is 0. The fourth-order valence-electron chi connectivity index (χ4n) is 13.1. The van der Waals surface area contributed by atoms with Gasteiger partial charge in [-0.15, -0.1) is 0 Å². The van der Waals surface area contributed by atoms with Crippen LogP contribution in [0.25, 0.3) is 56.3 Å². The van der Waals surface area contributed by atoms with Gasteiger partial charge in [-0.2, -0.15) is 0 Å². The van der Waals surface area contributed by atoms with Crippen LogP contribution in [-0.2, 0) is 63.3 Å². The molecule has 5 aromatic carbocycles. The summed E-state index contributed by atoms with van der Waals surface area (Å²) in [7, 11) is 10.3. The highest BCUT2D eigenvalue weighted by Gasteiger charge is 2.28. The summed E-state index contributed by atoms with van der Waals surface area (Å²) in [5.41, 5.74) is 31.2. The molecule has 0 aliphatic heterocycles. The van der Waals surface area contributed by atoms with E-state index >= 15 is 0 Å². The van der Waals surface area contributed by atoms with Gasteiger partial charge in [0.2, 0.25) is 28.5 Å². The second kappa shape index (κ2) is 35.0. The van der Waals surface area contributed by atoms with Gasteiger partial charge in [-0.3, -0.25) is 0 Å². The Labute approximate surface area is 624 Å². The normalized spacial score (nSPS) is 13.3. The first-order valence-corrected chi connectivity index (χ1v) is 35.7. The van der Waals surface area contributed by atoms with Crippen molar-refractivity contribution in [2.45, 2.75) is 228 Å². The molecular weight excluding hydrogens is 1210 g/mol. The van der Waals surface area contributed by atoms with Gasteiger partial charge in [0.05, 0.1) is 1.37 Å². The third-order valence-electron chi connectivity index (χ3n) is 18.2. The molecule has 0 atom stereocenters. The van der Waals surface area contributed by atoms with E-state index in [4.69, 9.17) is 13.7 Å². The van der Waals surface area contributed by atoms with Crippen molar-refractivity contribution in [1.82, 2.24) is 0 Å². The van der Waals surface area contributed by atoms with E-state index in [0.717, 1.165) is 33.6 Å². The van der Waals surface area contributed by atoms with Crippen LogP contribution in [0.5, 0.6) is 0 Å². The van der Waals surface area contributed by atoms with Gasteiger partial charge in [0.1, 0.15) is 35.2 Å². The van der Waals surface area contributed by atoms with E-state index in [0.29, 0.717) is 11.1 Å². The van der Waals surface area contributed by atoms with E-state index < -0.39 is 20.1 Å². The molecule has 5 aromatic heterocycles. The van der Waals surface area contributed by atoms with Gasteiger partial charge in [-0.05, 0) is 203 Å². The molecule has 0 spiro atoms. The summed E-state index contributed by atoms with van der Waals surface area (Å²) < 4.78 is 87.2. The highest BCUT2D eigenvalue weighted by atomic mass is 14.9. The van der Waals surface area contributed by atoms with E-state index in [1.54, 1.807) is 61.0 Å². The number of hydrogen-bond acceptors (Lipinski definition) is 0. The van der Waals surface area contributed by atoms with Gasteiger partial charge in [0.15, 0.2) is 31.0 Å². The van der Waals surface area contributed by atoms with Gasteiger partial charge in [-0.25, -0.2) is 22.8 Å². The van der Waals surface area contributed by atoms with E-state index in [2.05, 4.69) is 294 Å². The molecule has 0 saturated heterocycles. The number of pyridine rings is 5. The first kappa shape index (κ1) is 67.7. The highest BCUT2D eigenvalue weighted by molar-refractivity contribution is 5.66. The third kappa shape index (κ3) is 22.4. The quantitative estimate of drug-likeness (QED) is 0.142. The molecule has 100 heavy (non-hydrogen) atoms. The van der Waals surface area contributed by atoms with Gasteiger partial charge in [0.25, 0.3) is 0 Å². The van der Waals surface area contributed by atoms with Crippen LogP contribution in [0, 0.1) is 88.9 Å². The summed E-state index contributed by atoms with van der Waals surface area (Å²) in [6.07, 6.45) is 9.17. The van der Waals surface area contributed by atoms with Crippen molar-refractivity contribution in [3.05, 3.63) is 265 Å². The van der Waals surface area contributed by atoms with Crippen LogP contribution in [0.1, 0.15) is 225 Å². The molecule has 0 aliphatic carbocycles. The molecule has 0 amide bonds. The molecule has 532 valence electrons. The van der Waals surface area contributed by atoms with Crippen molar-refractivity contribution < 1.29 is 36.5 Å². The summed E-state index contributed by atoms with van der Waals surface area (Å²) in [5, 5.41) is 0. The maximum atomic E-state index is 8.28. The number of rotatable bonds is 7. The SMILES string of the molecule is Cc1ccc(-c2cc(C)c(C(C)(C)C)c[n+]2C)c(C)c1.Cc1ccccc1-c1cc(C)c(C(C)(C)C)c[n+]1C.Cc1ccccc1-c1cc(C)c(C(C)(C)C)c[n+]1C.[2H]C(C)C.[2H]C([2H])([2H])c1ccc(-c2cc(C)c(C(C)(C)C)c[n+]2C)c(C)c1.[2H]c1cc(-c2ccc(C([2H])([2H])[2H])cc2C)[n+](C)cc1C([2H])([2H])C(C)C. The van der Waals surface area contributed by atoms with E-state index in [9.17, 15) is 0 Å². The van der Waals surface area contributed by atoms with Crippen molar-refractivity contribution >= 4 is 0 Å². The summed E-state index contributed by atoms with van der Waals surface area (Å²) in [6, 6.07) is 45.1.